The van der Waals surface area contributed by atoms with Crippen LogP contribution in [0.5, 0.6) is 5.75 Å². The lowest BCUT2D eigenvalue weighted by Crippen LogP contribution is -2.80. The molecule has 2 aliphatic heterocycles. The van der Waals surface area contributed by atoms with E-state index in [1.165, 1.54) is 0 Å². The van der Waals surface area contributed by atoms with Crippen molar-refractivity contribution in [1.29, 1.82) is 0 Å². The first kappa shape index (κ1) is 41.3. The van der Waals surface area contributed by atoms with Crippen LogP contribution < -0.4 is 9.64 Å². The van der Waals surface area contributed by atoms with E-state index in [9.17, 15) is 19.5 Å². The summed E-state index contributed by atoms with van der Waals surface area (Å²) in [6.07, 6.45) is 0.238. The van der Waals surface area contributed by atoms with Gasteiger partial charge in [0.15, 0.2) is 6.61 Å². The first-order valence-corrected chi connectivity index (χ1v) is 18.7. The van der Waals surface area contributed by atoms with Crippen molar-refractivity contribution in [2.45, 2.75) is 98.0 Å². The minimum absolute atomic E-state index is 0.0304. The van der Waals surface area contributed by atoms with Crippen LogP contribution in [-0.2, 0) is 30.0 Å². The fraction of sp³-hybridized carbons (Fsp3) is 0.625. The van der Waals surface area contributed by atoms with Crippen molar-refractivity contribution in [2.24, 2.45) is 23.7 Å². The number of nitrogens with zero attached hydrogens (tertiary/aromatic N) is 2. The van der Waals surface area contributed by atoms with E-state index in [2.05, 4.69) is 52.0 Å². The Morgan fingerprint density at radius 1 is 1.02 bits per heavy atom. The summed E-state index contributed by atoms with van der Waals surface area (Å²) >= 11 is 0. The maximum atomic E-state index is 14.5. The molecule has 1 saturated heterocycles. The minimum Gasteiger partial charge on any atom is -0.482 e. The fourth-order valence-electron chi connectivity index (χ4n) is 8.99. The van der Waals surface area contributed by atoms with E-state index in [0.717, 1.165) is 11.1 Å². The van der Waals surface area contributed by atoms with E-state index in [1.54, 1.807) is 24.1 Å². The second-order valence-corrected chi connectivity index (χ2v) is 16.2. The molecule has 2 heterocycles. The molecule has 0 spiro atoms. The molecule has 2 amide bonds. The van der Waals surface area contributed by atoms with Crippen molar-refractivity contribution < 1.29 is 42.9 Å². The number of likely N-dealkylation sites (tertiary alicyclic amines) is 1. The Bertz CT molecular complexity index is 1550. The van der Waals surface area contributed by atoms with Crippen molar-refractivity contribution in [3.63, 3.8) is 0 Å². The second-order valence-electron chi connectivity index (χ2n) is 15.9. The van der Waals surface area contributed by atoms with Gasteiger partial charge in [0.05, 0.1) is 23.4 Å². The third-order valence-electron chi connectivity index (χ3n) is 10.6. The summed E-state index contributed by atoms with van der Waals surface area (Å²) in [5.74, 6) is -1.60. The van der Waals surface area contributed by atoms with E-state index >= 15 is 0 Å². The zero-order chi connectivity index (χ0) is 38.6. The van der Waals surface area contributed by atoms with Gasteiger partial charge in [0.25, 0.3) is 5.91 Å². The first-order valence-electron chi connectivity index (χ1n) is 18.3. The van der Waals surface area contributed by atoms with Crippen LogP contribution in [-0.4, -0.2) is 95.2 Å². The normalized spacial score (nSPS) is 21.8. The SMILES string of the molecule is COCCCN1C(=O)COc2ccc(CO[C@]3(C(C)C)[C@@H](c4ccc(C(=O)O)cc4)[C@H](CO[Si])CN(C(=O)OC(C)(C)C)C3(C(C)C)C(C)C)cc21. The van der Waals surface area contributed by atoms with E-state index in [1.807, 2.05) is 56.0 Å². The molecule has 4 rings (SSSR count). The lowest BCUT2D eigenvalue weighted by atomic mass is 9.50. The van der Waals surface area contributed by atoms with Crippen LogP contribution in [0.1, 0.15) is 96.1 Å². The van der Waals surface area contributed by atoms with Gasteiger partial charge >= 0.3 is 12.1 Å². The monoisotopic (exact) mass is 737 g/mol. The number of carbonyl (C=O) groups excluding carboxylic acids is 2. The van der Waals surface area contributed by atoms with Crippen molar-refractivity contribution in [1.82, 2.24) is 4.90 Å². The molecule has 285 valence electrons. The molecule has 0 bridgehead atoms. The molecule has 12 heteroatoms. The van der Waals surface area contributed by atoms with Crippen molar-refractivity contribution >= 4 is 34.1 Å². The fourth-order valence-corrected chi connectivity index (χ4v) is 9.20. The quantitative estimate of drug-likeness (QED) is 0.164. The van der Waals surface area contributed by atoms with Crippen LogP contribution in [0.4, 0.5) is 10.5 Å². The Morgan fingerprint density at radius 2 is 1.67 bits per heavy atom. The number of hydrogen-bond donors (Lipinski definition) is 1. The molecule has 1 fully saturated rings. The third kappa shape index (κ3) is 7.90. The molecule has 0 saturated carbocycles. The zero-order valence-electron chi connectivity index (χ0n) is 32.5. The molecular formula is C40H57N2O9Si. The molecule has 0 unspecified atom stereocenters. The summed E-state index contributed by atoms with van der Waals surface area (Å²) < 4.78 is 30.5. The van der Waals surface area contributed by atoms with E-state index in [4.69, 9.17) is 23.4 Å². The summed E-state index contributed by atoms with van der Waals surface area (Å²) in [5.41, 5.74) is -0.185. The number of hydrogen-bond acceptors (Lipinski definition) is 8. The number of fused-ring (bicyclic) bond motifs is 1. The number of methoxy groups -OCH3 is 1. The maximum absolute atomic E-state index is 14.5. The van der Waals surface area contributed by atoms with Gasteiger partial charge in [0.1, 0.15) is 17.0 Å². The van der Waals surface area contributed by atoms with Gasteiger partial charge in [-0.1, -0.05) is 59.7 Å². The zero-order valence-corrected chi connectivity index (χ0v) is 33.5. The van der Waals surface area contributed by atoms with E-state index < -0.39 is 28.8 Å². The van der Waals surface area contributed by atoms with Crippen LogP contribution in [0.2, 0.25) is 0 Å². The lowest BCUT2D eigenvalue weighted by Gasteiger charge is -2.68. The van der Waals surface area contributed by atoms with Gasteiger partial charge in [0, 0.05) is 45.2 Å². The molecular weight excluding hydrogens is 681 g/mol. The molecule has 0 aliphatic carbocycles. The molecule has 52 heavy (non-hydrogen) atoms. The summed E-state index contributed by atoms with van der Waals surface area (Å²) in [7, 11) is 4.92. The number of anilines is 1. The Balaban J connectivity index is 1.98. The van der Waals surface area contributed by atoms with Crippen LogP contribution in [0.15, 0.2) is 42.5 Å². The number of carboxylic acid groups (broad SMARTS) is 1. The number of aromatic carboxylic acids is 1. The number of piperidine rings is 1. The summed E-state index contributed by atoms with van der Waals surface area (Å²) in [5, 5.41) is 9.77. The van der Waals surface area contributed by atoms with Crippen molar-refractivity contribution in [2.75, 3.05) is 44.9 Å². The van der Waals surface area contributed by atoms with E-state index in [-0.39, 0.29) is 60.9 Å². The molecule has 3 radical (unpaired) electrons. The van der Waals surface area contributed by atoms with Gasteiger partial charge in [0.2, 0.25) is 10.5 Å². The van der Waals surface area contributed by atoms with Crippen LogP contribution in [0.3, 0.4) is 0 Å². The first-order chi connectivity index (χ1) is 24.5. The molecule has 11 nitrogen and oxygen atoms in total. The highest BCUT2D eigenvalue weighted by Crippen LogP contribution is 2.60. The summed E-state index contributed by atoms with van der Waals surface area (Å²) in [4.78, 5) is 43.1. The predicted molar refractivity (Wildman–Crippen MR) is 200 cm³/mol. The van der Waals surface area contributed by atoms with Gasteiger partial charge in [-0.15, -0.1) is 0 Å². The van der Waals surface area contributed by atoms with Gasteiger partial charge < -0.3 is 33.4 Å². The molecule has 1 N–H and O–H groups in total. The number of amides is 2. The maximum Gasteiger partial charge on any atom is 0.410 e. The van der Waals surface area contributed by atoms with Crippen LogP contribution in [0, 0.1) is 23.7 Å². The Kier molecular flexibility index (Phi) is 13.3. The van der Waals surface area contributed by atoms with Crippen LogP contribution >= 0.6 is 0 Å². The van der Waals surface area contributed by atoms with Gasteiger partial charge in [-0.2, -0.15) is 0 Å². The third-order valence-corrected chi connectivity index (χ3v) is 10.8. The molecule has 2 aromatic rings. The predicted octanol–water partition coefficient (Wildman–Crippen LogP) is 6.86. The van der Waals surface area contributed by atoms with Gasteiger partial charge in [-0.3, -0.25) is 9.69 Å². The minimum atomic E-state index is -1.08. The number of ether oxygens (including phenoxy) is 4. The Morgan fingerprint density at radius 3 is 2.21 bits per heavy atom. The Labute approximate surface area is 312 Å². The molecule has 0 aromatic heterocycles. The summed E-state index contributed by atoms with van der Waals surface area (Å²) in [6, 6.07) is 12.8. The standard InChI is InChI=1S/C40H57N2O9Si/c1-25(2)39(26(3)4)40(27(5)6,49-22-28-12-17-33-32(20-28)41(18-11-19-47-10)34(43)24-48-33)35(29-13-15-30(16-14-29)36(44)45)31(23-50-52)21-42(39)37(46)51-38(7,8)9/h12-17,20,25-27,31,35H,11,18-19,21-24H2,1-10H3,(H,44,45)/t31-,35-,40+/m0/s1. The highest BCUT2D eigenvalue weighted by Gasteiger charge is 2.70. The van der Waals surface area contributed by atoms with Gasteiger partial charge in [-0.05, 0) is 80.3 Å². The lowest BCUT2D eigenvalue weighted by molar-refractivity contribution is -0.255. The summed E-state index contributed by atoms with van der Waals surface area (Å²) in [6.45, 7) is 20.0. The number of rotatable bonds is 14. The number of benzene rings is 2. The van der Waals surface area contributed by atoms with Crippen LogP contribution in [0.25, 0.3) is 0 Å². The van der Waals surface area contributed by atoms with Crippen molar-refractivity contribution in [3.05, 3.63) is 59.2 Å². The Hall–Kier alpha value is -3.45. The highest BCUT2D eigenvalue weighted by atomic mass is 28.2. The number of carbonyl (C=O) groups is 3. The second kappa shape index (κ2) is 16.7. The highest BCUT2D eigenvalue weighted by molar-refractivity contribution is 5.98. The van der Waals surface area contributed by atoms with E-state index in [0.29, 0.717) is 37.6 Å². The van der Waals surface area contributed by atoms with Crippen molar-refractivity contribution in [3.8, 4) is 5.75 Å². The average molecular weight is 738 g/mol. The number of carboxylic acids is 1. The average Bonchev–Trinajstić information content (AvgIpc) is 3.06. The van der Waals surface area contributed by atoms with Gasteiger partial charge in [-0.25, -0.2) is 9.59 Å². The molecule has 2 aliphatic rings. The smallest absolute Gasteiger partial charge is 0.410 e. The largest absolute Gasteiger partial charge is 0.482 e. The molecule has 2 aromatic carbocycles. The topological polar surface area (TPSA) is 124 Å². The molecule has 3 atom stereocenters.